The van der Waals surface area contributed by atoms with E-state index in [1.54, 1.807) is 6.20 Å². The summed E-state index contributed by atoms with van der Waals surface area (Å²) in [5.74, 6) is 0.469. The summed E-state index contributed by atoms with van der Waals surface area (Å²) in [6, 6.07) is 0. The SMILES string of the molecule is Cn1ccnc1CNC(=O)c1nnc(Cl)s1. The quantitative estimate of drug-likeness (QED) is 0.885. The Morgan fingerprint density at radius 1 is 1.62 bits per heavy atom. The summed E-state index contributed by atoms with van der Waals surface area (Å²) < 4.78 is 2.08. The van der Waals surface area contributed by atoms with Gasteiger partial charge in [-0.3, -0.25) is 4.79 Å². The third kappa shape index (κ3) is 2.37. The molecule has 84 valence electrons. The fourth-order valence-electron chi connectivity index (χ4n) is 1.10. The number of hydrogen-bond donors (Lipinski definition) is 1. The first-order valence-corrected chi connectivity index (χ1v) is 5.59. The number of hydrogen-bond acceptors (Lipinski definition) is 5. The molecule has 1 amide bonds. The van der Waals surface area contributed by atoms with Crippen LogP contribution >= 0.6 is 22.9 Å². The van der Waals surface area contributed by atoms with Gasteiger partial charge in [0.15, 0.2) is 0 Å². The molecule has 0 spiro atoms. The Bertz CT molecular complexity index is 508. The zero-order valence-electron chi connectivity index (χ0n) is 8.35. The maximum Gasteiger partial charge on any atom is 0.282 e. The van der Waals surface area contributed by atoms with Crippen LogP contribution in [0.5, 0.6) is 0 Å². The molecule has 2 aromatic rings. The van der Waals surface area contributed by atoms with Gasteiger partial charge in [0.25, 0.3) is 5.91 Å². The Hall–Kier alpha value is -1.47. The monoisotopic (exact) mass is 257 g/mol. The molecular formula is C8H8ClN5OS. The van der Waals surface area contributed by atoms with Gasteiger partial charge in [-0.05, 0) is 11.6 Å². The summed E-state index contributed by atoms with van der Waals surface area (Å²) in [5.41, 5.74) is 0. The number of halogens is 1. The van der Waals surface area contributed by atoms with Gasteiger partial charge >= 0.3 is 0 Å². The molecule has 0 bridgehead atoms. The minimum absolute atomic E-state index is 0.249. The summed E-state index contributed by atoms with van der Waals surface area (Å²) in [6.07, 6.45) is 3.48. The summed E-state index contributed by atoms with van der Waals surface area (Å²) in [5, 5.41) is 10.1. The zero-order chi connectivity index (χ0) is 11.5. The van der Waals surface area contributed by atoms with Crippen LogP contribution in [0.3, 0.4) is 0 Å². The first kappa shape index (κ1) is 11.0. The average Bonchev–Trinajstić information content (AvgIpc) is 2.84. The van der Waals surface area contributed by atoms with Crippen molar-refractivity contribution in [3.63, 3.8) is 0 Å². The maximum atomic E-state index is 11.6. The van der Waals surface area contributed by atoms with Crippen molar-refractivity contribution in [1.29, 1.82) is 0 Å². The summed E-state index contributed by atoms with van der Waals surface area (Å²) in [7, 11) is 1.86. The van der Waals surface area contributed by atoms with Crippen molar-refractivity contribution in [3.8, 4) is 0 Å². The average molecular weight is 258 g/mol. The normalized spacial score (nSPS) is 10.4. The van der Waals surface area contributed by atoms with Crippen molar-refractivity contribution in [3.05, 3.63) is 27.7 Å². The van der Waals surface area contributed by atoms with Crippen LogP contribution in [0.25, 0.3) is 0 Å². The Kier molecular flexibility index (Phi) is 3.16. The highest BCUT2D eigenvalue weighted by molar-refractivity contribution is 7.17. The highest BCUT2D eigenvalue weighted by Gasteiger charge is 2.12. The van der Waals surface area contributed by atoms with Crippen molar-refractivity contribution in [1.82, 2.24) is 25.1 Å². The van der Waals surface area contributed by atoms with E-state index >= 15 is 0 Å². The molecule has 6 nitrogen and oxygen atoms in total. The predicted molar refractivity (Wildman–Crippen MR) is 59.3 cm³/mol. The topological polar surface area (TPSA) is 72.7 Å². The standard InChI is InChI=1S/C8H8ClN5OS/c1-14-3-2-10-5(14)4-11-6(15)7-12-13-8(9)16-7/h2-3H,4H2,1H3,(H,11,15). The molecule has 2 aromatic heterocycles. The number of rotatable bonds is 3. The second-order valence-electron chi connectivity index (χ2n) is 3.00. The highest BCUT2D eigenvalue weighted by atomic mass is 35.5. The Morgan fingerprint density at radius 2 is 2.44 bits per heavy atom. The number of amides is 1. The van der Waals surface area contributed by atoms with Gasteiger partial charge in [0, 0.05) is 19.4 Å². The van der Waals surface area contributed by atoms with E-state index < -0.39 is 0 Å². The molecule has 0 saturated carbocycles. The summed E-state index contributed by atoms with van der Waals surface area (Å²) in [4.78, 5) is 15.6. The van der Waals surface area contributed by atoms with Crippen molar-refractivity contribution < 1.29 is 4.79 Å². The minimum atomic E-state index is -0.299. The molecule has 16 heavy (non-hydrogen) atoms. The Labute approximate surface area is 100 Å². The van der Waals surface area contributed by atoms with Crippen LogP contribution < -0.4 is 5.32 Å². The predicted octanol–water partition coefficient (Wildman–Crippen LogP) is 0.855. The van der Waals surface area contributed by atoms with Crippen LogP contribution in [-0.2, 0) is 13.6 Å². The fourth-order valence-corrected chi connectivity index (χ4v) is 1.84. The third-order valence-electron chi connectivity index (χ3n) is 1.92. The first-order chi connectivity index (χ1) is 7.66. The highest BCUT2D eigenvalue weighted by Crippen LogP contribution is 2.14. The van der Waals surface area contributed by atoms with Crippen LogP contribution in [0.1, 0.15) is 15.6 Å². The molecule has 0 aromatic carbocycles. The smallest absolute Gasteiger partial charge is 0.282 e. The lowest BCUT2D eigenvalue weighted by Gasteiger charge is -2.02. The van der Waals surface area contributed by atoms with Crippen LogP contribution in [0.15, 0.2) is 12.4 Å². The van der Waals surface area contributed by atoms with Gasteiger partial charge in [-0.25, -0.2) is 4.98 Å². The van der Waals surface area contributed by atoms with Crippen molar-refractivity contribution in [2.45, 2.75) is 6.54 Å². The van der Waals surface area contributed by atoms with Crippen LogP contribution in [-0.4, -0.2) is 25.7 Å². The molecule has 2 heterocycles. The number of nitrogens with one attached hydrogen (secondary N) is 1. The molecule has 8 heteroatoms. The van der Waals surface area contributed by atoms with Crippen LogP contribution in [0, 0.1) is 0 Å². The minimum Gasteiger partial charge on any atom is -0.343 e. The van der Waals surface area contributed by atoms with Gasteiger partial charge in [0.05, 0.1) is 6.54 Å². The maximum absolute atomic E-state index is 11.6. The number of imidazole rings is 1. The largest absolute Gasteiger partial charge is 0.343 e. The lowest BCUT2D eigenvalue weighted by atomic mass is 10.5. The number of aryl methyl sites for hydroxylation is 1. The van der Waals surface area contributed by atoms with E-state index in [1.165, 1.54) is 0 Å². The van der Waals surface area contributed by atoms with E-state index in [4.69, 9.17) is 11.6 Å². The van der Waals surface area contributed by atoms with Crippen molar-refractivity contribution in [2.24, 2.45) is 7.05 Å². The van der Waals surface area contributed by atoms with Crippen molar-refractivity contribution >= 4 is 28.8 Å². The number of aromatic nitrogens is 4. The number of carbonyl (C=O) groups excluding carboxylic acids is 1. The molecule has 0 unspecified atom stereocenters. The molecule has 0 radical (unpaired) electrons. The first-order valence-electron chi connectivity index (χ1n) is 4.40. The van der Waals surface area contributed by atoms with Gasteiger partial charge in [-0.1, -0.05) is 11.3 Å². The van der Waals surface area contributed by atoms with E-state index in [0.717, 1.165) is 17.2 Å². The summed E-state index contributed by atoms with van der Waals surface area (Å²) in [6.45, 7) is 0.347. The summed E-state index contributed by atoms with van der Waals surface area (Å²) >= 11 is 6.62. The molecule has 0 aliphatic carbocycles. The molecule has 0 fully saturated rings. The number of nitrogens with zero attached hydrogens (tertiary/aromatic N) is 4. The second-order valence-corrected chi connectivity index (χ2v) is 4.56. The van der Waals surface area contributed by atoms with Gasteiger partial charge in [0.1, 0.15) is 5.82 Å². The van der Waals surface area contributed by atoms with Gasteiger partial charge in [0.2, 0.25) is 9.47 Å². The fraction of sp³-hybridized carbons (Fsp3) is 0.250. The van der Waals surface area contributed by atoms with E-state index in [9.17, 15) is 4.79 Å². The van der Waals surface area contributed by atoms with E-state index in [-0.39, 0.29) is 15.4 Å². The number of carbonyl (C=O) groups is 1. The van der Waals surface area contributed by atoms with E-state index in [2.05, 4.69) is 20.5 Å². The lowest BCUT2D eigenvalue weighted by molar-refractivity contribution is 0.0948. The van der Waals surface area contributed by atoms with Crippen molar-refractivity contribution in [2.75, 3.05) is 0 Å². The molecule has 1 N–H and O–H groups in total. The molecular weight excluding hydrogens is 250 g/mol. The molecule has 2 rings (SSSR count). The zero-order valence-corrected chi connectivity index (χ0v) is 9.92. The third-order valence-corrected chi connectivity index (χ3v) is 2.94. The molecule has 0 atom stereocenters. The van der Waals surface area contributed by atoms with Gasteiger partial charge in [-0.2, -0.15) is 0 Å². The van der Waals surface area contributed by atoms with E-state index in [1.807, 2.05) is 17.8 Å². The lowest BCUT2D eigenvalue weighted by Crippen LogP contribution is -2.24. The van der Waals surface area contributed by atoms with Gasteiger partial charge in [-0.15, -0.1) is 10.2 Å². The van der Waals surface area contributed by atoms with E-state index in [0.29, 0.717) is 6.54 Å². The molecule has 0 aliphatic rings. The van der Waals surface area contributed by atoms with Crippen LogP contribution in [0.2, 0.25) is 4.47 Å². The Balaban J connectivity index is 1.96. The van der Waals surface area contributed by atoms with Crippen LogP contribution in [0.4, 0.5) is 0 Å². The Morgan fingerprint density at radius 3 is 3.00 bits per heavy atom. The molecule has 0 saturated heterocycles. The van der Waals surface area contributed by atoms with Gasteiger partial charge < -0.3 is 9.88 Å². The second kappa shape index (κ2) is 4.58. The molecule has 0 aliphatic heterocycles.